The van der Waals surface area contributed by atoms with Crippen LogP contribution >= 0.6 is 0 Å². The van der Waals surface area contributed by atoms with E-state index in [9.17, 15) is 14.4 Å². The van der Waals surface area contributed by atoms with Crippen molar-refractivity contribution in [2.45, 2.75) is 25.8 Å². The fraction of sp³-hybridized carbons (Fsp3) is 0.261. The molecule has 0 saturated carbocycles. The van der Waals surface area contributed by atoms with Gasteiger partial charge in [-0.15, -0.1) is 0 Å². The number of benzene rings is 2. The lowest BCUT2D eigenvalue weighted by Gasteiger charge is -2.31. The van der Waals surface area contributed by atoms with E-state index in [1.54, 1.807) is 41.3 Å². The van der Waals surface area contributed by atoms with Gasteiger partial charge in [-0.3, -0.25) is 14.4 Å². The summed E-state index contributed by atoms with van der Waals surface area (Å²) in [5.41, 5.74) is 2.26. The second kappa shape index (κ2) is 9.68. The van der Waals surface area contributed by atoms with Crippen molar-refractivity contribution in [1.82, 2.24) is 10.2 Å². The monoisotopic (exact) mass is 391 g/mol. The minimum atomic E-state index is -0.119. The van der Waals surface area contributed by atoms with Crippen molar-refractivity contribution >= 4 is 29.5 Å². The van der Waals surface area contributed by atoms with Crippen LogP contribution in [0, 0.1) is 0 Å². The average Bonchev–Trinajstić information content (AvgIpc) is 2.74. The van der Waals surface area contributed by atoms with Crippen molar-refractivity contribution in [2.75, 3.05) is 18.4 Å². The number of piperidine rings is 1. The molecule has 0 unspecified atom stereocenters. The number of hydrogen-bond acceptors (Lipinski definition) is 3. The highest BCUT2D eigenvalue weighted by Crippen LogP contribution is 2.14. The Morgan fingerprint density at radius 3 is 2.24 bits per heavy atom. The number of amides is 3. The maximum absolute atomic E-state index is 12.4. The molecule has 1 heterocycles. The van der Waals surface area contributed by atoms with Gasteiger partial charge in [0.05, 0.1) is 0 Å². The van der Waals surface area contributed by atoms with Gasteiger partial charge in [-0.2, -0.15) is 0 Å². The van der Waals surface area contributed by atoms with Crippen molar-refractivity contribution in [2.24, 2.45) is 0 Å². The topological polar surface area (TPSA) is 78.5 Å². The Morgan fingerprint density at radius 2 is 1.62 bits per heavy atom. The fourth-order valence-corrected chi connectivity index (χ4v) is 3.26. The van der Waals surface area contributed by atoms with Crippen molar-refractivity contribution in [3.63, 3.8) is 0 Å². The SMILES string of the molecule is CC(=O)Nc1ccc(/C=C/C(=O)N2CCC(NC(=O)c3ccccc3)CC2)cc1. The summed E-state index contributed by atoms with van der Waals surface area (Å²) in [4.78, 5) is 37.5. The van der Waals surface area contributed by atoms with Gasteiger partial charge in [0.1, 0.15) is 0 Å². The zero-order chi connectivity index (χ0) is 20.6. The molecule has 2 N–H and O–H groups in total. The minimum absolute atomic E-state index is 0.0382. The molecule has 1 aliphatic heterocycles. The molecule has 150 valence electrons. The van der Waals surface area contributed by atoms with Crippen LogP contribution in [0.15, 0.2) is 60.7 Å². The Morgan fingerprint density at radius 1 is 0.966 bits per heavy atom. The Balaban J connectivity index is 1.46. The molecule has 0 radical (unpaired) electrons. The van der Waals surface area contributed by atoms with E-state index in [-0.39, 0.29) is 23.8 Å². The summed E-state index contributed by atoms with van der Waals surface area (Å²) in [7, 11) is 0. The molecule has 0 spiro atoms. The molecule has 1 fully saturated rings. The summed E-state index contributed by atoms with van der Waals surface area (Å²) < 4.78 is 0. The smallest absolute Gasteiger partial charge is 0.251 e. The van der Waals surface area contributed by atoms with Crippen LogP contribution in [0.1, 0.15) is 35.7 Å². The quantitative estimate of drug-likeness (QED) is 0.769. The number of anilines is 1. The third-order valence-corrected chi connectivity index (χ3v) is 4.83. The van der Waals surface area contributed by atoms with Crippen LogP contribution in [0.2, 0.25) is 0 Å². The molecule has 0 aliphatic carbocycles. The molecule has 1 aliphatic rings. The maximum atomic E-state index is 12.4. The van der Waals surface area contributed by atoms with Gasteiger partial charge in [-0.05, 0) is 48.7 Å². The highest BCUT2D eigenvalue weighted by molar-refractivity contribution is 5.94. The molecular weight excluding hydrogens is 366 g/mol. The van der Waals surface area contributed by atoms with E-state index in [0.717, 1.165) is 24.1 Å². The number of likely N-dealkylation sites (tertiary alicyclic amines) is 1. The van der Waals surface area contributed by atoms with Crippen molar-refractivity contribution in [3.05, 3.63) is 71.8 Å². The van der Waals surface area contributed by atoms with Gasteiger partial charge in [0, 0.05) is 43.4 Å². The summed E-state index contributed by atoms with van der Waals surface area (Å²) in [6.07, 6.45) is 4.81. The van der Waals surface area contributed by atoms with Gasteiger partial charge in [0.15, 0.2) is 0 Å². The fourth-order valence-electron chi connectivity index (χ4n) is 3.26. The van der Waals surface area contributed by atoms with Crippen molar-refractivity contribution < 1.29 is 14.4 Å². The van der Waals surface area contributed by atoms with E-state index in [1.165, 1.54) is 6.92 Å². The summed E-state index contributed by atoms with van der Waals surface area (Å²) >= 11 is 0. The van der Waals surface area contributed by atoms with E-state index < -0.39 is 0 Å². The van der Waals surface area contributed by atoms with Crippen LogP contribution in [-0.2, 0) is 9.59 Å². The molecule has 2 aromatic carbocycles. The van der Waals surface area contributed by atoms with Gasteiger partial charge in [0.2, 0.25) is 11.8 Å². The molecule has 3 amide bonds. The first kappa shape index (κ1) is 20.3. The van der Waals surface area contributed by atoms with Crippen LogP contribution < -0.4 is 10.6 Å². The Kier molecular flexibility index (Phi) is 6.79. The van der Waals surface area contributed by atoms with Crippen LogP contribution in [0.25, 0.3) is 6.08 Å². The highest BCUT2D eigenvalue weighted by Gasteiger charge is 2.23. The van der Waals surface area contributed by atoms with Gasteiger partial charge in [-0.25, -0.2) is 0 Å². The third kappa shape index (κ3) is 6.04. The number of nitrogens with zero attached hydrogens (tertiary/aromatic N) is 1. The van der Waals surface area contributed by atoms with E-state index in [1.807, 2.05) is 30.3 Å². The maximum Gasteiger partial charge on any atom is 0.251 e. The molecule has 1 saturated heterocycles. The van der Waals surface area contributed by atoms with Crippen molar-refractivity contribution in [3.8, 4) is 0 Å². The van der Waals surface area contributed by atoms with Crippen LogP contribution in [0.4, 0.5) is 5.69 Å². The zero-order valence-electron chi connectivity index (χ0n) is 16.4. The molecule has 29 heavy (non-hydrogen) atoms. The Bertz CT molecular complexity index is 883. The summed E-state index contributed by atoms with van der Waals surface area (Å²) in [5.74, 6) is -0.228. The molecule has 6 heteroatoms. The molecule has 0 atom stereocenters. The Labute approximate surface area is 170 Å². The van der Waals surface area contributed by atoms with Gasteiger partial charge < -0.3 is 15.5 Å². The van der Waals surface area contributed by atoms with E-state index in [4.69, 9.17) is 0 Å². The van der Waals surface area contributed by atoms with Gasteiger partial charge >= 0.3 is 0 Å². The zero-order valence-corrected chi connectivity index (χ0v) is 16.4. The first-order valence-corrected chi connectivity index (χ1v) is 9.72. The number of rotatable bonds is 5. The molecule has 6 nitrogen and oxygen atoms in total. The van der Waals surface area contributed by atoms with Crippen LogP contribution in [0.3, 0.4) is 0 Å². The van der Waals surface area contributed by atoms with E-state index in [0.29, 0.717) is 18.7 Å². The lowest BCUT2D eigenvalue weighted by atomic mass is 10.0. The second-order valence-electron chi connectivity index (χ2n) is 7.08. The first-order chi connectivity index (χ1) is 14.0. The number of carbonyl (C=O) groups excluding carboxylic acids is 3. The molecule has 0 bridgehead atoms. The summed E-state index contributed by atoms with van der Waals surface area (Å²) in [5, 5.41) is 5.75. The Hall–Kier alpha value is -3.41. The molecule has 2 aromatic rings. The lowest BCUT2D eigenvalue weighted by Crippen LogP contribution is -2.46. The molecule has 0 aromatic heterocycles. The first-order valence-electron chi connectivity index (χ1n) is 9.72. The number of hydrogen-bond donors (Lipinski definition) is 2. The van der Waals surface area contributed by atoms with Crippen LogP contribution in [-0.4, -0.2) is 41.8 Å². The van der Waals surface area contributed by atoms with E-state index in [2.05, 4.69) is 10.6 Å². The summed E-state index contributed by atoms with van der Waals surface area (Å²) in [6, 6.07) is 16.5. The largest absolute Gasteiger partial charge is 0.349 e. The second-order valence-corrected chi connectivity index (χ2v) is 7.08. The third-order valence-electron chi connectivity index (χ3n) is 4.83. The highest BCUT2D eigenvalue weighted by atomic mass is 16.2. The normalized spacial score (nSPS) is 14.6. The van der Waals surface area contributed by atoms with Crippen LogP contribution in [0.5, 0.6) is 0 Å². The van der Waals surface area contributed by atoms with Gasteiger partial charge in [-0.1, -0.05) is 30.3 Å². The number of carbonyl (C=O) groups is 3. The summed E-state index contributed by atoms with van der Waals surface area (Å²) in [6.45, 7) is 2.69. The molecule has 3 rings (SSSR count). The average molecular weight is 391 g/mol. The minimum Gasteiger partial charge on any atom is -0.349 e. The van der Waals surface area contributed by atoms with Crippen molar-refractivity contribution in [1.29, 1.82) is 0 Å². The predicted octanol–water partition coefficient (Wildman–Crippen LogP) is 3.08. The standard InChI is InChI=1S/C23H25N3O3/c1-17(27)24-20-10-7-18(8-11-20)9-12-22(28)26-15-13-21(14-16-26)25-23(29)19-5-3-2-4-6-19/h2-12,21H,13-16H2,1H3,(H,24,27)(H,25,29)/b12-9+. The molecular formula is C23H25N3O3. The van der Waals surface area contributed by atoms with Gasteiger partial charge in [0.25, 0.3) is 5.91 Å². The number of nitrogens with one attached hydrogen (secondary N) is 2. The predicted molar refractivity (Wildman–Crippen MR) is 113 cm³/mol. The van der Waals surface area contributed by atoms with E-state index >= 15 is 0 Å². The lowest BCUT2D eigenvalue weighted by molar-refractivity contribution is -0.127.